The summed E-state index contributed by atoms with van der Waals surface area (Å²) in [5.41, 5.74) is -1.04. The lowest BCUT2D eigenvalue weighted by Gasteiger charge is -2.30. The summed E-state index contributed by atoms with van der Waals surface area (Å²) in [4.78, 5) is -0.0550. The monoisotopic (exact) mass is 490 g/mol. The van der Waals surface area contributed by atoms with Gasteiger partial charge in [0.25, 0.3) is 10.1 Å². The zero-order valence-corrected chi connectivity index (χ0v) is 18.0. The van der Waals surface area contributed by atoms with E-state index in [0.717, 1.165) is 0 Å². The van der Waals surface area contributed by atoms with Gasteiger partial charge in [-0.15, -0.1) is 0 Å². The van der Waals surface area contributed by atoms with E-state index < -0.39 is 15.7 Å². The molecule has 0 fully saturated rings. The summed E-state index contributed by atoms with van der Waals surface area (Å²) in [5, 5.41) is 19.5. The van der Waals surface area contributed by atoms with Crippen molar-refractivity contribution in [2.75, 3.05) is 0 Å². The first-order valence-corrected chi connectivity index (χ1v) is 10.9. The first-order chi connectivity index (χ1) is 13.6. The summed E-state index contributed by atoms with van der Waals surface area (Å²) in [6, 6.07) is 11.5. The Kier molecular flexibility index (Phi) is 4.93. The largest absolute Gasteiger partial charge is 0.505 e. The van der Waals surface area contributed by atoms with E-state index in [-0.39, 0.29) is 53.2 Å². The Hall–Kier alpha value is -1.67. The Labute approximate surface area is 186 Å². The van der Waals surface area contributed by atoms with Crippen molar-refractivity contribution in [2.24, 2.45) is 0 Å². The molecule has 2 N–H and O–H groups in total. The van der Waals surface area contributed by atoms with Crippen molar-refractivity contribution < 1.29 is 22.8 Å². The van der Waals surface area contributed by atoms with Crippen molar-refractivity contribution in [2.45, 2.75) is 10.5 Å². The lowest BCUT2D eigenvalue weighted by molar-refractivity contribution is 0.180. The minimum absolute atomic E-state index is 0.0550. The smallest absolute Gasteiger partial charge is 0.298 e. The second-order valence-electron chi connectivity index (χ2n) is 6.29. The Balaban J connectivity index is 2.16. The molecule has 3 aromatic rings. The van der Waals surface area contributed by atoms with Crippen molar-refractivity contribution in [3.8, 4) is 11.5 Å². The van der Waals surface area contributed by atoms with E-state index >= 15 is 0 Å². The lowest BCUT2D eigenvalue weighted by atomic mass is 9.80. The van der Waals surface area contributed by atoms with Crippen LogP contribution in [0.25, 0.3) is 0 Å². The summed E-state index contributed by atoms with van der Waals surface area (Å²) >= 11 is 24.4. The highest BCUT2D eigenvalue weighted by Crippen LogP contribution is 2.53. The van der Waals surface area contributed by atoms with Crippen LogP contribution in [0.2, 0.25) is 20.1 Å². The highest BCUT2D eigenvalue weighted by atomic mass is 35.5. The van der Waals surface area contributed by atoms with E-state index in [1.165, 1.54) is 30.3 Å². The molecule has 1 aliphatic heterocycles. The van der Waals surface area contributed by atoms with Gasteiger partial charge in [-0.1, -0.05) is 64.6 Å². The average molecular weight is 492 g/mol. The standard InChI is InChI=1S/C19H10Cl4O5S/c20-12-5-9(6-13(21)17(12)24)19(10-7-14(22)18(25)15(23)8-10)11-3-1-2-4-16(11)29(26,27)28-19/h1-8,24-25H. The maximum atomic E-state index is 12.8. The molecule has 4 rings (SSSR count). The third-order valence-electron chi connectivity index (χ3n) is 4.62. The number of phenols is 2. The van der Waals surface area contributed by atoms with Crippen LogP contribution in [-0.2, 0) is 19.9 Å². The Morgan fingerprint density at radius 3 is 1.62 bits per heavy atom. The van der Waals surface area contributed by atoms with E-state index in [1.807, 2.05) is 0 Å². The molecule has 0 saturated carbocycles. The van der Waals surface area contributed by atoms with Gasteiger partial charge in [-0.2, -0.15) is 8.42 Å². The average Bonchev–Trinajstić information content (AvgIpc) is 2.92. The fourth-order valence-corrected chi connectivity index (χ4v) is 5.74. The zero-order chi connectivity index (χ0) is 21.1. The Morgan fingerprint density at radius 1 is 0.759 bits per heavy atom. The van der Waals surface area contributed by atoms with Gasteiger partial charge in [-0.3, -0.25) is 0 Å². The van der Waals surface area contributed by atoms with Crippen LogP contribution in [0.3, 0.4) is 0 Å². The molecule has 5 nitrogen and oxygen atoms in total. The third-order valence-corrected chi connectivity index (χ3v) is 7.13. The van der Waals surface area contributed by atoms with Crippen molar-refractivity contribution in [3.63, 3.8) is 0 Å². The van der Waals surface area contributed by atoms with Crippen molar-refractivity contribution in [3.05, 3.63) is 85.3 Å². The molecular formula is C19H10Cl4O5S. The van der Waals surface area contributed by atoms with Crippen LogP contribution >= 0.6 is 46.4 Å². The number of phenolic OH excluding ortho intramolecular Hbond substituents is 2. The topological polar surface area (TPSA) is 83.8 Å². The van der Waals surface area contributed by atoms with E-state index in [4.69, 9.17) is 50.6 Å². The summed E-state index contributed by atoms with van der Waals surface area (Å²) in [6.45, 7) is 0. The molecule has 0 amide bonds. The maximum absolute atomic E-state index is 12.8. The highest BCUT2D eigenvalue weighted by molar-refractivity contribution is 7.87. The van der Waals surface area contributed by atoms with Gasteiger partial charge in [0.15, 0.2) is 17.1 Å². The fraction of sp³-hybridized carbons (Fsp3) is 0.0526. The van der Waals surface area contributed by atoms with Gasteiger partial charge in [0.1, 0.15) is 4.90 Å². The molecule has 3 aromatic carbocycles. The number of fused-ring (bicyclic) bond motifs is 1. The Morgan fingerprint density at radius 2 is 1.17 bits per heavy atom. The number of aromatic hydroxyl groups is 2. The van der Waals surface area contributed by atoms with Crippen molar-refractivity contribution in [1.82, 2.24) is 0 Å². The lowest BCUT2D eigenvalue weighted by Crippen LogP contribution is -2.29. The van der Waals surface area contributed by atoms with Gasteiger partial charge >= 0.3 is 0 Å². The molecule has 0 spiro atoms. The first kappa shape index (κ1) is 20.6. The highest BCUT2D eigenvalue weighted by Gasteiger charge is 2.52. The molecular weight excluding hydrogens is 482 g/mol. The van der Waals surface area contributed by atoms with Crippen LogP contribution < -0.4 is 0 Å². The van der Waals surface area contributed by atoms with E-state index in [0.29, 0.717) is 0 Å². The predicted octanol–water partition coefficient (Wildman–Crippen LogP) is 5.72. The normalized spacial score (nSPS) is 16.6. The molecule has 29 heavy (non-hydrogen) atoms. The van der Waals surface area contributed by atoms with Gasteiger partial charge in [-0.25, -0.2) is 4.18 Å². The van der Waals surface area contributed by atoms with Gasteiger partial charge in [0.2, 0.25) is 0 Å². The second kappa shape index (κ2) is 6.94. The molecule has 1 heterocycles. The number of hydrogen-bond donors (Lipinski definition) is 2. The molecule has 0 saturated heterocycles. The minimum Gasteiger partial charge on any atom is -0.505 e. The summed E-state index contributed by atoms with van der Waals surface area (Å²) in [7, 11) is -4.18. The molecule has 1 aliphatic rings. The van der Waals surface area contributed by atoms with Crippen LogP contribution in [0.15, 0.2) is 53.4 Å². The first-order valence-electron chi connectivity index (χ1n) is 8.00. The SMILES string of the molecule is O=S1(=O)OC(c2cc(Cl)c(O)c(Cl)c2)(c2cc(Cl)c(O)c(Cl)c2)c2ccccc21. The van der Waals surface area contributed by atoms with Crippen molar-refractivity contribution in [1.29, 1.82) is 0 Å². The zero-order valence-electron chi connectivity index (χ0n) is 14.2. The molecule has 0 unspecified atom stereocenters. The summed E-state index contributed by atoms with van der Waals surface area (Å²) < 4.78 is 31.3. The Bertz CT molecular complexity index is 1170. The fourth-order valence-electron chi connectivity index (χ4n) is 3.34. The molecule has 0 aromatic heterocycles. The van der Waals surface area contributed by atoms with Crippen LogP contribution in [0.1, 0.15) is 16.7 Å². The molecule has 0 radical (unpaired) electrons. The minimum atomic E-state index is -4.18. The van der Waals surface area contributed by atoms with Gasteiger partial charge < -0.3 is 10.2 Å². The van der Waals surface area contributed by atoms with E-state index in [9.17, 15) is 18.6 Å². The number of halogens is 4. The summed E-state index contributed by atoms with van der Waals surface area (Å²) in [6.07, 6.45) is 0. The molecule has 0 atom stereocenters. The van der Waals surface area contributed by atoms with Gasteiger partial charge in [0, 0.05) is 5.56 Å². The van der Waals surface area contributed by atoms with Crippen LogP contribution in [-0.4, -0.2) is 18.6 Å². The van der Waals surface area contributed by atoms with Crippen LogP contribution in [0.4, 0.5) is 0 Å². The number of rotatable bonds is 2. The quantitative estimate of drug-likeness (QED) is 0.447. The van der Waals surface area contributed by atoms with E-state index in [1.54, 1.807) is 18.2 Å². The van der Waals surface area contributed by atoms with Gasteiger partial charge in [-0.05, 0) is 41.5 Å². The third kappa shape index (κ3) is 3.06. The van der Waals surface area contributed by atoms with Crippen molar-refractivity contribution >= 4 is 56.5 Å². The molecule has 0 aliphatic carbocycles. The second-order valence-corrected chi connectivity index (χ2v) is 9.44. The van der Waals surface area contributed by atoms with Crippen LogP contribution in [0.5, 0.6) is 11.5 Å². The number of benzene rings is 3. The molecule has 10 heteroatoms. The van der Waals surface area contributed by atoms with E-state index in [2.05, 4.69) is 0 Å². The molecule has 0 bridgehead atoms. The maximum Gasteiger partial charge on any atom is 0.298 e. The molecule has 150 valence electrons. The predicted molar refractivity (Wildman–Crippen MR) is 111 cm³/mol. The van der Waals surface area contributed by atoms with Crippen LogP contribution in [0, 0.1) is 0 Å². The number of hydrogen-bond acceptors (Lipinski definition) is 5. The summed E-state index contributed by atoms with van der Waals surface area (Å²) in [5.74, 6) is -0.716. The van der Waals surface area contributed by atoms with Gasteiger partial charge in [0.05, 0.1) is 20.1 Å².